The predicted molar refractivity (Wildman–Crippen MR) is 130 cm³/mol. The molecular formula is C23H25N5O4S. The summed E-state index contributed by atoms with van der Waals surface area (Å²) in [6.45, 7) is 0.910. The van der Waals surface area contributed by atoms with Gasteiger partial charge in [-0.25, -0.2) is 0 Å². The average molecular weight is 468 g/mol. The van der Waals surface area contributed by atoms with Crippen molar-refractivity contribution in [3.63, 3.8) is 0 Å². The molecule has 1 unspecified atom stereocenters. The van der Waals surface area contributed by atoms with Gasteiger partial charge in [-0.05, 0) is 53.8 Å². The smallest absolute Gasteiger partial charge is 0.273 e. The maximum absolute atomic E-state index is 13.5. The molecule has 3 heterocycles. The number of nitrogens with zero attached hydrogens (tertiary/aromatic N) is 3. The molecule has 1 atom stereocenters. The second-order valence-corrected chi connectivity index (χ2v) is 9.54. The minimum atomic E-state index is -3.37. The normalized spacial score (nSPS) is 20.4. The number of ether oxygens (including phenoxy) is 1. The van der Waals surface area contributed by atoms with Crippen LogP contribution in [-0.4, -0.2) is 49.9 Å². The molecular weight excluding hydrogens is 442 g/mol. The van der Waals surface area contributed by atoms with Crippen LogP contribution in [0.1, 0.15) is 35.3 Å². The number of likely N-dealkylation sites (tertiary alicyclic amines) is 1. The van der Waals surface area contributed by atoms with Crippen molar-refractivity contribution in [1.29, 1.82) is 0 Å². The quantitative estimate of drug-likeness (QED) is 0.455. The van der Waals surface area contributed by atoms with E-state index in [0.29, 0.717) is 29.2 Å². The summed E-state index contributed by atoms with van der Waals surface area (Å²) in [4.78, 5) is 19.7. The number of aromatic nitrogens is 1. The first kappa shape index (κ1) is 21.5. The van der Waals surface area contributed by atoms with Gasteiger partial charge in [-0.1, -0.05) is 30.3 Å². The third kappa shape index (κ3) is 4.20. The summed E-state index contributed by atoms with van der Waals surface area (Å²) < 4.78 is 32.2. The maximum Gasteiger partial charge on any atom is 0.273 e. The van der Waals surface area contributed by atoms with Crippen LogP contribution in [0.15, 0.2) is 59.1 Å². The number of amidine groups is 1. The number of hydrogen-bond acceptors (Lipinski definition) is 8. The van der Waals surface area contributed by atoms with Crippen molar-refractivity contribution in [3.8, 4) is 5.75 Å². The number of anilines is 1. The lowest BCUT2D eigenvalue weighted by Gasteiger charge is -2.36. The molecule has 9 nitrogen and oxygen atoms in total. The number of piperidine rings is 1. The monoisotopic (exact) mass is 467 g/mol. The lowest BCUT2D eigenvalue weighted by molar-refractivity contribution is 0.0524. The molecule has 5 N–H and O–H groups in total. The lowest BCUT2D eigenvalue weighted by Crippen LogP contribution is -2.47. The molecule has 1 aromatic heterocycles. The third-order valence-corrected chi connectivity index (χ3v) is 6.90. The number of benzene rings is 2. The number of fused-ring (bicyclic) bond motifs is 2. The van der Waals surface area contributed by atoms with Crippen LogP contribution in [0.2, 0.25) is 0 Å². The molecule has 172 valence electrons. The molecule has 0 saturated carbocycles. The number of rotatable bonds is 4. The Hall–Kier alpha value is -3.34. The van der Waals surface area contributed by atoms with Crippen LogP contribution in [0.3, 0.4) is 0 Å². The van der Waals surface area contributed by atoms with E-state index in [9.17, 15) is 13.9 Å². The largest absolute Gasteiger partial charge is 0.491 e. The van der Waals surface area contributed by atoms with Crippen molar-refractivity contribution in [2.75, 3.05) is 17.9 Å². The molecule has 10 heteroatoms. The summed E-state index contributed by atoms with van der Waals surface area (Å²) in [6, 6.07) is 14.7. The Kier molecular flexibility index (Phi) is 5.57. The van der Waals surface area contributed by atoms with E-state index in [1.165, 1.54) is 0 Å². The van der Waals surface area contributed by atoms with E-state index in [-0.39, 0.29) is 24.4 Å². The fraction of sp³-hybridized carbons (Fsp3) is 0.261. The second-order valence-electron chi connectivity index (χ2n) is 8.12. The third-order valence-electron chi connectivity index (χ3n) is 5.95. The lowest BCUT2D eigenvalue weighted by atomic mass is 10.0. The molecule has 0 aliphatic carbocycles. The summed E-state index contributed by atoms with van der Waals surface area (Å²) in [6.07, 6.45) is 4.41. The van der Waals surface area contributed by atoms with Gasteiger partial charge in [0.25, 0.3) is 5.91 Å². The van der Waals surface area contributed by atoms with E-state index in [4.69, 9.17) is 10.5 Å². The number of hydrogen-bond donors (Lipinski definition) is 4. The highest BCUT2D eigenvalue weighted by Crippen LogP contribution is 2.46. The highest BCUT2D eigenvalue weighted by Gasteiger charge is 2.31. The van der Waals surface area contributed by atoms with Gasteiger partial charge in [-0.15, -0.1) is 4.40 Å². The van der Waals surface area contributed by atoms with Crippen LogP contribution in [-0.2, 0) is 0 Å². The number of nitrogens with one attached hydrogen (secondary N) is 1. The Morgan fingerprint density at radius 1 is 1.18 bits per heavy atom. The van der Waals surface area contributed by atoms with Gasteiger partial charge >= 0.3 is 0 Å². The first-order chi connectivity index (χ1) is 15.9. The van der Waals surface area contributed by atoms with Gasteiger partial charge in [0.15, 0.2) is 5.84 Å². The van der Waals surface area contributed by atoms with Crippen molar-refractivity contribution in [3.05, 3.63) is 66.0 Å². The molecule has 5 rings (SSSR count). The van der Waals surface area contributed by atoms with E-state index in [1.54, 1.807) is 24.4 Å². The summed E-state index contributed by atoms with van der Waals surface area (Å²) in [5, 5.41) is 1.81. The Morgan fingerprint density at radius 2 is 2.03 bits per heavy atom. The van der Waals surface area contributed by atoms with Gasteiger partial charge < -0.3 is 15.4 Å². The van der Waals surface area contributed by atoms with Crippen LogP contribution in [0.5, 0.6) is 5.75 Å². The first-order valence-electron chi connectivity index (χ1n) is 10.8. The van der Waals surface area contributed by atoms with Gasteiger partial charge in [-0.2, -0.15) is 0 Å². The van der Waals surface area contributed by atoms with Gasteiger partial charge in [0.05, 0.1) is 17.3 Å². The van der Waals surface area contributed by atoms with Crippen LogP contribution < -0.4 is 15.2 Å². The number of carbonyl (C=O) groups is 1. The number of nitrogens with two attached hydrogens (primary N) is 1. The Morgan fingerprint density at radius 3 is 2.91 bits per heavy atom. The molecule has 2 aliphatic heterocycles. The van der Waals surface area contributed by atoms with Gasteiger partial charge in [0.2, 0.25) is 0 Å². The van der Waals surface area contributed by atoms with Gasteiger partial charge in [0.1, 0.15) is 18.1 Å². The fourth-order valence-electron chi connectivity index (χ4n) is 4.41. The molecule has 1 fully saturated rings. The zero-order chi connectivity index (χ0) is 23.0. The molecule has 0 radical (unpaired) electrons. The van der Waals surface area contributed by atoms with E-state index in [1.807, 2.05) is 35.2 Å². The Balaban J connectivity index is 1.39. The van der Waals surface area contributed by atoms with Crippen molar-refractivity contribution in [1.82, 2.24) is 9.88 Å². The zero-order valence-electron chi connectivity index (χ0n) is 17.8. The minimum absolute atomic E-state index is 0.00381. The van der Waals surface area contributed by atoms with Crippen molar-refractivity contribution < 1.29 is 18.6 Å². The average Bonchev–Trinajstić information content (AvgIpc) is 2.81. The first-order valence-corrected chi connectivity index (χ1v) is 12.3. The van der Waals surface area contributed by atoms with Gasteiger partial charge in [0, 0.05) is 18.1 Å². The number of amides is 1. The highest BCUT2D eigenvalue weighted by atomic mass is 32.3. The van der Waals surface area contributed by atoms with Crippen molar-refractivity contribution >= 4 is 39.2 Å². The van der Waals surface area contributed by atoms with Crippen molar-refractivity contribution in [2.24, 2.45) is 10.1 Å². The van der Waals surface area contributed by atoms with E-state index in [2.05, 4.69) is 14.1 Å². The van der Waals surface area contributed by atoms with Crippen LogP contribution >= 0.6 is 11.0 Å². The fourth-order valence-corrected chi connectivity index (χ4v) is 5.28. The van der Waals surface area contributed by atoms with E-state index < -0.39 is 11.0 Å². The second kappa shape index (κ2) is 8.54. The topological polar surface area (TPSA) is 133 Å². The van der Waals surface area contributed by atoms with Crippen LogP contribution in [0, 0.1) is 0 Å². The molecule has 1 amide bonds. The molecule has 1 saturated heterocycles. The Bertz CT molecular complexity index is 1240. The molecule has 2 aliphatic rings. The molecule has 3 aromatic rings. The predicted octanol–water partition coefficient (Wildman–Crippen LogP) is 4.02. The summed E-state index contributed by atoms with van der Waals surface area (Å²) >= 11 is 0. The highest BCUT2D eigenvalue weighted by molar-refractivity contribution is 8.24. The minimum Gasteiger partial charge on any atom is -0.491 e. The number of carbonyl (C=O) groups excluding carboxylic acids is 1. The van der Waals surface area contributed by atoms with E-state index in [0.717, 1.165) is 30.0 Å². The zero-order valence-corrected chi connectivity index (χ0v) is 18.7. The SMILES string of the molecule is NC1=NS(O)(O)Nc2cccc(OCC3CCCCN3C(=O)c3nccc4ccccc34)c21. The maximum atomic E-state index is 13.5. The molecule has 0 spiro atoms. The summed E-state index contributed by atoms with van der Waals surface area (Å²) in [7, 11) is -3.37. The summed E-state index contributed by atoms with van der Waals surface area (Å²) in [5.41, 5.74) is 7.36. The van der Waals surface area contributed by atoms with Gasteiger partial charge in [-0.3, -0.25) is 23.6 Å². The van der Waals surface area contributed by atoms with E-state index >= 15 is 0 Å². The standard InChI is InChI=1S/C23H25N5O4S/c24-22-20-18(26-33(30,31)27-22)9-5-10-19(20)32-14-16-7-3-4-13-28(16)23(29)21-17-8-2-1-6-15(17)11-12-25-21/h1-2,5-6,8-12,16,26,30-31H,3-4,7,13-14H2,(H2,24,27). The molecule has 0 bridgehead atoms. The summed E-state index contributed by atoms with van der Waals surface area (Å²) in [5.74, 6) is 0.361. The molecule has 2 aromatic carbocycles. The Labute approximate surface area is 192 Å². The number of pyridine rings is 1. The van der Waals surface area contributed by atoms with Crippen LogP contribution in [0.4, 0.5) is 5.69 Å². The van der Waals surface area contributed by atoms with Crippen LogP contribution in [0.25, 0.3) is 10.8 Å². The molecule has 33 heavy (non-hydrogen) atoms. The van der Waals surface area contributed by atoms with Crippen molar-refractivity contribution in [2.45, 2.75) is 25.3 Å².